The number of amides is 1. The number of piperazine rings is 1. The Labute approximate surface area is 165 Å². The summed E-state index contributed by atoms with van der Waals surface area (Å²) in [5, 5.41) is 8.81. The van der Waals surface area contributed by atoms with Gasteiger partial charge in [0.25, 0.3) is 5.91 Å². The number of benzene rings is 2. The van der Waals surface area contributed by atoms with E-state index < -0.39 is 26.7 Å². The summed E-state index contributed by atoms with van der Waals surface area (Å²) in [5.74, 6) is -0.300. The van der Waals surface area contributed by atoms with Crippen molar-refractivity contribution in [2.24, 2.45) is 0 Å². The lowest BCUT2D eigenvalue weighted by molar-refractivity contribution is -0.137. The van der Waals surface area contributed by atoms with Crippen LogP contribution in [0.3, 0.4) is 0 Å². The molecule has 6 nitrogen and oxygen atoms in total. The number of rotatable bonds is 3. The van der Waals surface area contributed by atoms with Crippen LogP contribution in [0.15, 0.2) is 53.4 Å². The Balaban J connectivity index is 1.71. The lowest BCUT2D eigenvalue weighted by atomic mass is 10.1. The fourth-order valence-corrected chi connectivity index (χ4v) is 4.45. The van der Waals surface area contributed by atoms with Gasteiger partial charge in [-0.05, 0) is 42.5 Å². The molecule has 10 heteroatoms. The number of nitriles is 1. The maximum atomic E-state index is 12.9. The lowest BCUT2D eigenvalue weighted by Crippen LogP contribution is -2.50. The molecule has 1 aliphatic heterocycles. The van der Waals surface area contributed by atoms with E-state index >= 15 is 0 Å². The van der Waals surface area contributed by atoms with Crippen molar-refractivity contribution in [2.75, 3.05) is 26.2 Å². The Morgan fingerprint density at radius 1 is 1.00 bits per heavy atom. The van der Waals surface area contributed by atoms with Crippen molar-refractivity contribution in [3.8, 4) is 6.07 Å². The predicted molar refractivity (Wildman–Crippen MR) is 97.3 cm³/mol. The normalized spacial score (nSPS) is 15.7. The Morgan fingerprint density at radius 2 is 1.62 bits per heavy atom. The third kappa shape index (κ3) is 4.41. The highest BCUT2D eigenvalue weighted by atomic mass is 32.2. The van der Waals surface area contributed by atoms with E-state index in [2.05, 4.69) is 0 Å². The second-order valence-electron chi connectivity index (χ2n) is 6.41. The maximum absolute atomic E-state index is 12.9. The molecule has 0 radical (unpaired) electrons. The zero-order chi connectivity index (χ0) is 21.2. The molecule has 0 unspecified atom stereocenters. The van der Waals surface area contributed by atoms with Crippen LogP contribution < -0.4 is 0 Å². The molecule has 0 aliphatic carbocycles. The zero-order valence-electron chi connectivity index (χ0n) is 15.1. The van der Waals surface area contributed by atoms with Crippen LogP contribution in [0.4, 0.5) is 13.2 Å². The molecule has 2 aromatic rings. The molecule has 1 heterocycles. The highest BCUT2D eigenvalue weighted by Crippen LogP contribution is 2.31. The minimum absolute atomic E-state index is 0.0272. The topological polar surface area (TPSA) is 81.5 Å². The number of hydrogen-bond donors (Lipinski definition) is 0. The van der Waals surface area contributed by atoms with E-state index in [0.29, 0.717) is 17.2 Å². The average molecular weight is 423 g/mol. The van der Waals surface area contributed by atoms with Crippen LogP contribution >= 0.6 is 0 Å². The Bertz CT molecular complexity index is 1050. The first-order valence-electron chi connectivity index (χ1n) is 8.60. The van der Waals surface area contributed by atoms with Crippen LogP contribution in [-0.4, -0.2) is 49.7 Å². The third-order valence-corrected chi connectivity index (χ3v) is 6.48. The first-order valence-corrected chi connectivity index (χ1v) is 10.0. The SMILES string of the molecule is N#Cc1ccc(C(=O)N2CCN(S(=O)(=O)c3cccc(C(F)(F)F)c3)CC2)cc1. The molecule has 0 N–H and O–H groups in total. The van der Waals surface area contributed by atoms with Gasteiger partial charge in [-0.3, -0.25) is 4.79 Å². The average Bonchev–Trinajstić information content (AvgIpc) is 2.73. The van der Waals surface area contributed by atoms with Crippen molar-refractivity contribution in [2.45, 2.75) is 11.1 Å². The van der Waals surface area contributed by atoms with E-state index in [9.17, 15) is 26.4 Å². The smallest absolute Gasteiger partial charge is 0.336 e. The van der Waals surface area contributed by atoms with E-state index in [1.54, 1.807) is 0 Å². The molecular weight excluding hydrogens is 407 g/mol. The summed E-state index contributed by atoms with van der Waals surface area (Å²) < 4.78 is 65.1. The van der Waals surface area contributed by atoms with Crippen LogP contribution in [0, 0.1) is 11.3 Å². The van der Waals surface area contributed by atoms with Gasteiger partial charge < -0.3 is 4.90 Å². The van der Waals surface area contributed by atoms with Crippen molar-refractivity contribution in [1.29, 1.82) is 5.26 Å². The van der Waals surface area contributed by atoms with Crippen LogP contribution in [0.25, 0.3) is 0 Å². The molecule has 3 rings (SSSR count). The fraction of sp³-hybridized carbons (Fsp3) is 0.263. The van der Waals surface area contributed by atoms with Crippen molar-refractivity contribution in [3.05, 3.63) is 65.2 Å². The number of carbonyl (C=O) groups is 1. The monoisotopic (exact) mass is 423 g/mol. The van der Waals surface area contributed by atoms with Crippen molar-refractivity contribution in [1.82, 2.24) is 9.21 Å². The van der Waals surface area contributed by atoms with Gasteiger partial charge in [-0.15, -0.1) is 0 Å². The number of halogens is 3. The van der Waals surface area contributed by atoms with E-state index in [-0.39, 0.29) is 32.1 Å². The number of nitrogens with zero attached hydrogens (tertiary/aromatic N) is 3. The van der Waals surface area contributed by atoms with Gasteiger partial charge in [0.1, 0.15) is 0 Å². The highest BCUT2D eigenvalue weighted by molar-refractivity contribution is 7.89. The summed E-state index contributed by atoms with van der Waals surface area (Å²) in [7, 11) is -4.11. The Morgan fingerprint density at radius 3 is 2.17 bits per heavy atom. The fourth-order valence-electron chi connectivity index (χ4n) is 2.98. The summed E-state index contributed by atoms with van der Waals surface area (Å²) in [5.41, 5.74) is -0.245. The Kier molecular flexibility index (Phi) is 5.64. The molecular formula is C19H16F3N3O3S. The summed E-state index contributed by atoms with van der Waals surface area (Å²) in [6.45, 7) is 0.162. The lowest BCUT2D eigenvalue weighted by Gasteiger charge is -2.34. The number of alkyl halides is 3. The van der Waals surface area contributed by atoms with Gasteiger partial charge in [-0.25, -0.2) is 8.42 Å². The Hall–Kier alpha value is -2.90. The molecule has 2 aromatic carbocycles. The van der Waals surface area contributed by atoms with Gasteiger partial charge in [0.05, 0.1) is 22.1 Å². The zero-order valence-corrected chi connectivity index (χ0v) is 15.9. The van der Waals surface area contributed by atoms with E-state index in [1.165, 1.54) is 29.2 Å². The quantitative estimate of drug-likeness (QED) is 0.760. The largest absolute Gasteiger partial charge is 0.416 e. The summed E-state index contributed by atoms with van der Waals surface area (Å²) in [6.07, 6.45) is -4.64. The van der Waals surface area contributed by atoms with E-state index in [4.69, 9.17) is 5.26 Å². The first-order chi connectivity index (χ1) is 13.6. The predicted octanol–water partition coefficient (Wildman–Crippen LogP) is 2.72. The van der Waals surface area contributed by atoms with Gasteiger partial charge in [0.15, 0.2) is 0 Å². The molecule has 0 aromatic heterocycles. The molecule has 0 saturated carbocycles. The van der Waals surface area contributed by atoms with Crippen LogP contribution in [0.1, 0.15) is 21.5 Å². The minimum atomic E-state index is -4.64. The van der Waals surface area contributed by atoms with Gasteiger partial charge in [-0.1, -0.05) is 6.07 Å². The molecule has 0 spiro atoms. The highest BCUT2D eigenvalue weighted by Gasteiger charge is 2.34. The summed E-state index contributed by atoms with van der Waals surface area (Å²) >= 11 is 0. The van der Waals surface area contributed by atoms with Gasteiger partial charge in [-0.2, -0.15) is 22.7 Å². The minimum Gasteiger partial charge on any atom is -0.336 e. The van der Waals surface area contributed by atoms with E-state index in [1.807, 2.05) is 6.07 Å². The van der Waals surface area contributed by atoms with E-state index in [0.717, 1.165) is 22.5 Å². The molecule has 29 heavy (non-hydrogen) atoms. The molecule has 1 amide bonds. The molecule has 152 valence electrons. The first kappa shape index (κ1) is 20.8. The standard InChI is InChI=1S/C19H16F3N3O3S/c20-19(21,22)16-2-1-3-17(12-16)29(27,28)25-10-8-24(9-11-25)18(26)15-6-4-14(13-23)5-7-15/h1-7,12H,8-11H2. The molecule has 0 atom stereocenters. The maximum Gasteiger partial charge on any atom is 0.416 e. The van der Waals surface area contributed by atoms with Gasteiger partial charge >= 0.3 is 6.18 Å². The molecule has 1 aliphatic rings. The molecule has 0 bridgehead atoms. The molecule has 1 saturated heterocycles. The number of sulfonamides is 1. The van der Waals surface area contributed by atoms with Crippen LogP contribution in [0.5, 0.6) is 0 Å². The van der Waals surface area contributed by atoms with Crippen LogP contribution in [-0.2, 0) is 16.2 Å². The number of carbonyl (C=O) groups excluding carboxylic acids is 1. The van der Waals surface area contributed by atoms with Crippen molar-refractivity contribution < 1.29 is 26.4 Å². The summed E-state index contributed by atoms with van der Waals surface area (Å²) in [4.78, 5) is 13.6. The van der Waals surface area contributed by atoms with Crippen molar-refractivity contribution in [3.63, 3.8) is 0 Å². The second kappa shape index (κ2) is 7.85. The molecule has 1 fully saturated rings. The second-order valence-corrected chi connectivity index (χ2v) is 8.35. The summed E-state index contributed by atoms with van der Waals surface area (Å²) in [6, 6.07) is 11.6. The van der Waals surface area contributed by atoms with Gasteiger partial charge in [0.2, 0.25) is 10.0 Å². The van der Waals surface area contributed by atoms with Crippen molar-refractivity contribution >= 4 is 15.9 Å². The van der Waals surface area contributed by atoms with Crippen LogP contribution in [0.2, 0.25) is 0 Å². The van der Waals surface area contributed by atoms with Gasteiger partial charge in [0, 0.05) is 31.7 Å². The number of hydrogen-bond acceptors (Lipinski definition) is 4. The third-order valence-electron chi connectivity index (χ3n) is 4.59.